The van der Waals surface area contributed by atoms with Gasteiger partial charge in [0, 0.05) is 28.1 Å². The van der Waals surface area contributed by atoms with Crippen molar-refractivity contribution in [2.45, 2.75) is 4.90 Å². The van der Waals surface area contributed by atoms with Gasteiger partial charge in [0.25, 0.3) is 5.91 Å². The molecule has 0 aliphatic carbocycles. The smallest absolute Gasteiger partial charge is 0.270 e. The van der Waals surface area contributed by atoms with Crippen LogP contribution in [0.3, 0.4) is 0 Å². The average molecular weight is 401 g/mol. The lowest BCUT2D eigenvalue weighted by atomic mass is 10.2. The predicted molar refractivity (Wildman–Crippen MR) is 110 cm³/mol. The molecule has 0 aliphatic heterocycles. The van der Waals surface area contributed by atoms with Gasteiger partial charge in [-0.2, -0.15) is 0 Å². The van der Waals surface area contributed by atoms with Crippen LogP contribution in [-0.2, 0) is 0 Å². The number of nitrogens with one attached hydrogen (secondary N) is 1. The maximum Gasteiger partial charge on any atom is 0.270 e. The Morgan fingerprint density at radius 3 is 2.63 bits per heavy atom. The third-order valence-corrected chi connectivity index (χ3v) is 5.67. The molecule has 1 aromatic heterocycles. The summed E-state index contributed by atoms with van der Waals surface area (Å²) in [7, 11) is 3.19. The van der Waals surface area contributed by atoms with Gasteiger partial charge in [0.2, 0.25) is 0 Å². The average Bonchev–Trinajstić information content (AvgIpc) is 3.21. The van der Waals surface area contributed by atoms with Crippen molar-refractivity contribution in [3.8, 4) is 22.1 Å². The number of rotatable bonds is 8. The van der Waals surface area contributed by atoms with Gasteiger partial charge in [-0.3, -0.25) is 4.79 Å². The minimum atomic E-state index is -0.161. The van der Waals surface area contributed by atoms with Gasteiger partial charge in [0.15, 0.2) is 11.5 Å². The summed E-state index contributed by atoms with van der Waals surface area (Å²) >= 11 is 3.14. The summed E-state index contributed by atoms with van der Waals surface area (Å²) in [5.41, 5.74) is 1.31. The van der Waals surface area contributed by atoms with E-state index in [1.807, 2.05) is 36.4 Å². The topological polar surface area (TPSA) is 60.5 Å². The molecule has 2 aromatic carbocycles. The van der Waals surface area contributed by atoms with Crippen LogP contribution >= 0.6 is 23.1 Å². The fourth-order valence-corrected chi connectivity index (χ4v) is 4.01. The number of hydrogen-bond donors (Lipinski definition) is 1. The normalized spacial score (nSPS) is 10.4. The Labute approximate surface area is 166 Å². The highest BCUT2D eigenvalue weighted by Gasteiger charge is 2.13. The maximum absolute atomic E-state index is 12.3. The van der Waals surface area contributed by atoms with Crippen molar-refractivity contribution in [2.24, 2.45) is 0 Å². The number of hydrogen-bond acceptors (Lipinski definition) is 6. The molecule has 0 spiro atoms. The molecular weight excluding hydrogens is 380 g/mol. The van der Waals surface area contributed by atoms with Gasteiger partial charge in [-0.05, 0) is 30.3 Å². The van der Waals surface area contributed by atoms with Crippen molar-refractivity contribution in [1.29, 1.82) is 0 Å². The van der Waals surface area contributed by atoms with Crippen molar-refractivity contribution >= 4 is 29.0 Å². The SMILES string of the molecule is COc1ccc(-c2nc(C(=O)NCCSc3ccccc3)cs2)cc1OC. The molecule has 140 valence electrons. The molecule has 1 N–H and O–H groups in total. The van der Waals surface area contributed by atoms with Crippen LogP contribution in [0, 0.1) is 0 Å². The molecule has 0 unspecified atom stereocenters. The van der Waals surface area contributed by atoms with Crippen LogP contribution in [0.25, 0.3) is 10.6 Å². The third-order valence-electron chi connectivity index (χ3n) is 3.77. The van der Waals surface area contributed by atoms with Crippen molar-refractivity contribution in [3.63, 3.8) is 0 Å². The van der Waals surface area contributed by atoms with E-state index in [-0.39, 0.29) is 5.91 Å². The summed E-state index contributed by atoms with van der Waals surface area (Å²) in [6.07, 6.45) is 0. The number of aromatic nitrogens is 1. The number of nitrogens with zero attached hydrogens (tertiary/aromatic N) is 1. The Bertz CT molecular complexity index is 897. The van der Waals surface area contributed by atoms with Gasteiger partial charge in [-0.1, -0.05) is 18.2 Å². The van der Waals surface area contributed by atoms with E-state index in [4.69, 9.17) is 9.47 Å². The molecule has 27 heavy (non-hydrogen) atoms. The van der Waals surface area contributed by atoms with Crippen molar-refractivity contribution in [3.05, 3.63) is 59.6 Å². The highest BCUT2D eigenvalue weighted by Crippen LogP contribution is 2.33. The number of ether oxygens (including phenoxy) is 2. The van der Waals surface area contributed by atoms with Crippen LogP contribution in [0.2, 0.25) is 0 Å². The molecule has 0 aliphatic rings. The number of amides is 1. The molecule has 1 amide bonds. The Morgan fingerprint density at radius 1 is 1.11 bits per heavy atom. The lowest BCUT2D eigenvalue weighted by molar-refractivity contribution is 0.0952. The number of benzene rings is 2. The van der Waals surface area contributed by atoms with E-state index in [9.17, 15) is 4.79 Å². The highest BCUT2D eigenvalue weighted by atomic mass is 32.2. The zero-order chi connectivity index (χ0) is 19.1. The fraction of sp³-hybridized carbons (Fsp3) is 0.200. The first kappa shape index (κ1) is 19.3. The Hall–Kier alpha value is -2.51. The van der Waals surface area contributed by atoms with Crippen LogP contribution in [0.1, 0.15) is 10.5 Å². The second-order valence-corrected chi connectivity index (χ2v) is 7.55. The molecule has 3 aromatic rings. The molecule has 0 saturated heterocycles. The van der Waals surface area contributed by atoms with E-state index in [2.05, 4.69) is 22.4 Å². The molecule has 0 fully saturated rings. The molecule has 0 radical (unpaired) electrons. The van der Waals surface area contributed by atoms with E-state index >= 15 is 0 Å². The number of methoxy groups -OCH3 is 2. The second kappa shape index (κ2) is 9.43. The monoisotopic (exact) mass is 400 g/mol. The fourth-order valence-electron chi connectivity index (χ4n) is 2.42. The van der Waals surface area contributed by atoms with Crippen LogP contribution < -0.4 is 14.8 Å². The molecule has 3 rings (SSSR count). The third kappa shape index (κ3) is 5.02. The van der Waals surface area contributed by atoms with E-state index < -0.39 is 0 Å². The minimum Gasteiger partial charge on any atom is -0.493 e. The van der Waals surface area contributed by atoms with Gasteiger partial charge in [-0.15, -0.1) is 23.1 Å². The van der Waals surface area contributed by atoms with Crippen molar-refractivity contribution < 1.29 is 14.3 Å². The lowest BCUT2D eigenvalue weighted by Gasteiger charge is -2.08. The molecule has 7 heteroatoms. The quantitative estimate of drug-likeness (QED) is 0.450. The second-order valence-electron chi connectivity index (χ2n) is 5.53. The first-order chi connectivity index (χ1) is 13.2. The lowest BCUT2D eigenvalue weighted by Crippen LogP contribution is -2.25. The molecule has 0 saturated carbocycles. The van der Waals surface area contributed by atoms with Gasteiger partial charge in [-0.25, -0.2) is 4.98 Å². The summed E-state index contributed by atoms with van der Waals surface area (Å²) < 4.78 is 10.6. The van der Waals surface area contributed by atoms with Gasteiger partial charge >= 0.3 is 0 Å². The minimum absolute atomic E-state index is 0.161. The summed E-state index contributed by atoms with van der Waals surface area (Å²) in [4.78, 5) is 17.9. The number of carbonyl (C=O) groups excluding carboxylic acids is 1. The van der Waals surface area contributed by atoms with E-state index in [0.29, 0.717) is 23.7 Å². The maximum atomic E-state index is 12.3. The van der Waals surface area contributed by atoms with Gasteiger partial charge < -0.3 is 14.8 Å². The van der Waals surface area contributed by atoms with Crippen LogP contribution in [0.4, 0.5) is 0 Å². The number of thioether (sulfide) groups is 1. The van der Waals surface area contributed by atoms with Crippen LogP contribution in [0.5, 0.6) is 11.5 Å². The van der Waals surface area contributed by atoms with E-state index in [0.717, 1.165) is 16.3 Å². The first-order valence-electron chi connectivity index (χ1n) is 8.35. The van der Waals surface area contributed by atoms with Crippen LogP contribution in [-0.4, -0.2) is 37.4 Å². The summed E-state index contributed by atoms with van der Waals surface area (Å²) in [6.45, 7) is 0.585. The number of carbonyl (C=O) groups is 1. The molecule has 0 bridgehead atoms. The standard InChI is InChI=1S/C20H20N2O3S2/c1-24-17-9-8-14(12-18(17)25-2)20-22-16(13-27-20)19(23)21-10-11-26-15-6-4-3-5-7-15/h3-9,12-13H,10-11H2,1-2H3,(H,21,23). The Kier molecular flexibility index (Phi) is 6.73. The summed E-state index contributed by atoms with van der Waals surface area (Å²) in [6, 6.07) is 15.7. The zero-order valence-electron chi connectivity index (χ0n) is 15.1. The predicted octanol–water partition coefficient (Wildman–Crippen LogP) is 4.35. The molecule has 1 heterocycles. The summed E-state index contributed by atoms with van der Waals surface area (Å²) in [5.74, 6) is 1.94. The van der Waals surface area contributed by atoms with E-state index in [1.165, 1.54) is 16.2 Å². The van der Waals surface area contributed by atoms with Gasteiger partial charge in [0.1, 0.15) is 10.7 Å². The Balaban J connectivity index is 1.57. The Morgan fingerprint density at radius 2 is 1.89 bits per heavy atom. The molecular formula is C20H20N2O3S2. The van der Waals surface area contributed by atoms with Crippen molar-refractivity contribution in [2.75, 3.05) is 26.5 Å². The zero-order valence-corrected chi connectivity index (χ0v) is 16.7. The largest absolute Gasteiger partial charge is 0.493 e. The van der Waals surface area contributed by atoms with Gasteiger partial charge in [0.05, 0.1) is 14.2 Å². The number of thiazole rings is 1. The molecule has 0 atom stereocenters. The first-order valence-corrected chi connectivity index (χ1v) is 10.2. The molecule has 5 nitrogen and oxygen atoms in total. The highest BCUT2D eigenvalue weighted by molar-refractivity contribution is 7.99. The summed E-state index contributed by atoms with van der Waals surface area (Å²) in [5, 5.41) is 5.45. The van der Waals surface area contributed by atoms with E-state index in [1.54, 1.807) is 31.4 Å². The van der Waals surface area contributed by atoms with Crippen LogP contribution in [0.15, 0.2) is 58.8 Å². The van der Waals surface area contributed by atoms with Crippen molar-refractivity contribution in [1.82, 2.24) is 10.3 Å².